The van der Waals surface area contributed by atoms with Crippen LogP contribution in [0.3, 0.4) is 0 Å². The number of unbranched alkanes of at least 4 members (excludes halogenated alkanes) is 1. The van der Waals surface area contributed by atoms with Gasteiger partial charge in [-0.25, -0.2) is 24.0 Å². The third-order valence-corrected chi connectivity index (χ3v) is 28.4. The third-order valence-electron chi connectivity index (χ3n) is 21.0. The van der Waals surface area contributed by atoms with E-state index in [0.717, 1.165) is 63.8 Å². The first-order chi connectivity index (χ1) is 56.2. The molecule has 0 aliphatic carbocycles. The zero-order chi connectivity index (χ0) is 91.0. The van der Waals surface area contributed by atoms with Crippen molar-refractivity contribution in [1.82, 2.24) is 47.8 Å². The van der Waals surface area contributed by atoms with Crippen LogP contribution in [0.2, 0.25) is 0 Å². The van der Waals surface area contributed by atoms with Gasteiger partial charge in [0.25, 0.3) is 27.8 Å². The number of aromatic amines is 5. The van der Waals surface area contributed by atoms with Crippen molar-refractivity contribution in [3.05, 3.63) is 188 Å². The Kier molecular flexibility index (Phi) is 38.3. The van der Waals surface area contributed by atoms with Gasteiger partial charge < -0.3 is 74.7 Å². The number of aryl methyl sites for hydroxylation is 4. The summed E-state index contributed by atoms with van der Waals surface area (Å²) in [5.41, 5.74) is -3.47. The summed E-state index contributed by atoms with van der Waals surface area (Å²) in [6.45, 7) is 27.4. The molecule has 10 heterocycles. The molecule has 0 saturated carbocycles. The minimum absolute atomic E-state index is 0.282. The number of nitrogens with one attached hydrogen (secondary N) is 5. The fourth-order valence-corrected chi connectivity index (χ4v) is 18.7. The average Bonchev–Trinajstić information content (AvgIpc) is 1.78. The molecular weight excluding hydrogens is 1670 g/mol. The number of nitrogens with zero attached hydrogens (tertiary/aromatic N) is 5. The Labute approximate surface area is 704 Å². The van der Waals surface area contributed by atoms with Crippen LogP contribution in [0.1, 0.15) is 138 Å². The van der Waals surface area contributed by atoms with Crippen LogP contribution in [-0.4, -0.2) is 319 Å². The molecule has 5 aromatic heterocycles. The number of hydrogen-bond acceptors (Lipinski definition) is 25. The molecule has 10 rings (SSSR count). The highest BCUT2D eigenvalue weighted by Crippen LogP contribution is 2.44. The molecule has 35 nitrogen and oxygen atoms in total. The second kappa shape index (κ2) is 44.8. The molecule has 5 fully saturated rings. The molecule has 5 aliphatic rings. The molecule has 0 amide bonds. The van der Waals surface area contributed by atoms with Gasteiger partial charge in [0.05, 0.1) is 30.5 Å². The number of hydrogen-bond donors (Lipinski definition) is 15. The third kappa shape index (κ3) is 29.4. The maximum absolute atomic E-state index is 12.2. The van der Waals surface area contributed by atoms with Gasteiger partial charge >= 0.3 is 28.4 Å². The Balaban J connectivity index is 0.000000234. The van der Waals surface area contributed by atoms with Gasteiger partial charge in [-0.1, -0.05) is 45.8 Å². The van der Waals surface area contributed by atoms with Gasteiger partial charge in [-0.05, 0) is 175 Å². The first-order valence-corrected chi connectivity index (χ1v) is 55.8. The summed E-state index contributed by atoms with van der Waals surface area (Å²) < 4.78 is 34.5. The first kappa shape index (κ1) is 104. The number of aromatic nitrogens is 10. The van der Waals surface area contributed by atoms with E-state index in [1.165, 1.54) is 40.1 Å². The fourth-order valence-electron chi connectivity index (χ4n) is 13.9. The smallest absolute Gasteiger partial charge is 0.330 e. The van der Waals surface area contributed by atoms with Crippen molar-refractivity contribution < 1.29 is 74.7 Å². The summed E-state index contributed by atoms with van der Waals surface area (Å²) in [4.78, 5) is 131. The normalized spacial score (nSPS) is 27.3. The van der Waals surface area contributed by atoms with E-state index < -0.39 is 213 Å². The molecular formula is C81H133N10O25P5. The van der Waals surface area contributed by atoms with Crippen LogP contribution in [-0.2, 0) is 55.8 Å². The van der Waals surface area contributed by atoms with E-state index in [9.17, 15) is 99.0 Å². The summed E-state index contributed by atoms with van der Waals surface area (Å²) in [5.74, 6) is 0. The Morgan fingerprint density at radius 3 is 0.769 bits per heavy atom. The van der Waals surface area contributed by atoms with Crippen LogP contribution in [0.5, 0.6) is 0 Å². The molecule has 0 radical (unpaired) electrons. The van der Waals surface area contributed by atoms with Crippen molar-refractivity contribution in [2.75, 3.05) is 97.5 Å². The van der Waals surface area contributed by atoms with E-state index in [4.69, 9.17) is 23.7 Å². The van der Waals surface area contributed by atoms with Crippen molar-refractivity contribution in [1.29, 1.82) is 0 Å². The van der Waals surface area contributed by atoms with Gasteiger partial charge in [0, 0.05) is 58.8 Å². The van der Waals surface area contributed by atoms with Crippen LogP contribution in [0, 0.1) is 0 Å². The van der Waals surface area contributed by atoms with E-state index in [1.807, 2.05) is 13.8 Å². The maximum Gasteiger partial charge on any atom is 0.330 e. The summed E-state index contributed by atoms with van der Waals surface area (Å²) >= 11 is 0. The number of H-pyrrole nitrogens is 5. The minimum atomic E-state index is -1.29. The van der Waals surface area contributed by atoms with E-state index in [2.05, 4.69) is 136 Å². The van der Waals surface area contributed by atoms with Gasteiger partial charge in [0.15, 0.2) is 31.1 Å². The molecule has 0 aromatic carbocycles. The molecule has 0 unspecified atom stereocenters. The van der Waals surface area contributed by atoms with Crippen molar-refractivity contribution in [3.63, 3.8) is 0 Å². The monoisotopic (exact) mass is 1800 g/mol. The average molecular weight is 1800 g/mol. The van der Waals surface area contributed by atoms with Crippen LogP contribution in [0.15, 0.2) is 104 Å². The van der Waals surface area contributed by atoms with E-state index in [1.54, 1.807) is 19.1 Å². The summed E-state index contributed by atoms with van der Waals surface area (Å²) in [7, 11) is 0. The van der Waals surface area contributed by atoms with Gasteiger partial charge in [-0.15, -0.1) is 79.1 Å². The molecule has 5 aromatic rings. The highest BCUT2D eigenvalue weighted by molar-refractivity contribution is 7.73. The molecule has 682 valence electrons. The fraction of sp³-hybridized carbons (Fsp3) is 0.642. The number of aliphatic hydroxyl groups is 10. The summed E-state index contributed by atoms with van der Waals surface area (Å²) in [6, 6.07) is 0. The Morgan fingerprint density at radius 2 is 0.545 bits per heavy atom. The van der Waals surface area contributed by atoms with Crippen molar-refractivity contribution in [2.24, 2.45) is 0 Å². The predicted molar refractivity (Wildman–Crippen MR) is 488 cm³/mol. The standard InChI is InChI=1S/C17H29N2O5P.C17H27N2O5P.C16H27N2O5P.C16H25N2O5P.C15H25N2O5P/c2*1-5-6-7-11-10-19(17(23)18-15(11)22)16-14(21)13(20)12(24-16)8-9-25(2,3)4;2*1-5-6-10-9-18(16(22)17-14(10)21)15-13(20)12(19)11(23-15)7-8-24(2,3)4;1-5-9-8-17(15(21)16-13(9)20)14-12(19)11(18)10(22-14)6-7-23(2,3)4/h10,12-14,16,20-21H,2,5-9H2,1,3-4H3,(H,18,22,23);5,10,12-14,16,20-21H,1-2,6-9H2,3-4H3,(H,18,22,23);9,11-13,15,19-20H,2,5-8H2,1,3-4H3,(H,17,21,22);5,9,11-13,15,19-20H,1-2,6-8H2,3-4H3,(H,17,21,22);8,10-12,14,18-19H,2,5-7H2,1,3-4H3,(H,16,20,21)/t2*12-,13-,14-,16-;2*11-,12-,13-,15-;10-,11-,12-,14-/m11111/s1. The topological polar surface area (TPSA) is 523 Å². The number of rotatable bonds is 31. The quantitative estimate of drug-likeness (QED) is 0.0217. The largest absolute Gasteiger partial charge is 0.388 e. The number of allylic oxidation sites excluding steroid dienone is 2. The lowest BCUT2D eigenvalue weighted by atomic mass is 10.1. The lowest BCUT2D eigenvalue weighted by Crippen LogP contribution is -2.38. The van der Waals surface area contributed by atoms with Crippen molar-refractivity contribution in [3.8, 4) is 0 Å². The second-order valence-corrected chi connectivity index (χ2v) is 56.7. The number of ether oxygens (including phenoxy) is 5. The molecule has 15 N–H and O–H groups in total. The van der Waals surface area contributed by atoms with Gasteiger partial charge in [-0.2, -0.15) is 0 Å². The van der Waals surface area contributed by atoms with Crippen LogP contribution in [0.25, 0.3) is 0 Å². The summed E-state index contributed by atoms with van der Waals surface area (Å²) in [5, 5.41) is 103. The highest BCUT2D eigenvalue weighted by Gasteiger charge is 2.49. The zero-order valence-corrected chi connectivity index (χ0v) is 76.5. The highest BCUT2D eigenvalue weighted by atomic mass is 31.2. The molecule has 40 heteroatoms. The van der Waals surface area contributed by atoms with E-state index >= 15 is 0 Å². The predicted octanol–water partition coefficient (Wildman–Crippen LogP) is 0.980. The SMILES string of the molecule is C=CCCc1cn([C@@H]2O[C@H](CCP(=C)(C)C)[C@@H](O)[C@H]2O)c(=O)[nH]c1=O.C=CCc1cn([C@@H]2O[C@H](CCP(=C)(C)C)[C@@H](O)[C@H]2O)c(=O)[nH]c1=O.C=P(C)(C)CC[C@H]1O[C@@H](n2cc(CC)c(=O)[nH]c2=O)[C@H](O)[C@@H]1O.C=P(C)(C)CC[C@H]1O[C@@H](n2cc(CCC)c(=O)[nH]c2=O)[C@H](O)[C@@H]1O.C=P(C)(C)CC[C@H]1O[C@@H](n2cc(CCCC)c(=O)[nH]c2=O)[C@H](O)[C@@H]1O. The Bertz CT molecular complexity index is 5220. The Morgan fingerprint density at radius 1 is 0.322 bits per heavy atom. The molecule has 20 atom stereocenters. The van der Waals surface area contributed by atoms with Crippen LogP contribution >= 0.6 is 34.4 Å². The van der Waals surface area contributed by atoms with Gasteiger partial charge in [0.2, 0.25) is 0 Å². The van der Waals surface area contributed by atoms with Crippen molar-refractivity contribution >= 4 is 65.9 Å². The maximum atomic E-state index is 12.2. The summed E-state index contributed by atoms with van der Waals surface area (Å²) in [6.07, 6.45) is 23.5. The van der Waals surface area contributed by atoms with E-state index in [-0.39, 0.29) is 6.42 Å². The zero-order valence-electron chi connectivity index (χ0n) is 72.0. The molecule has 5 aliphatic heterocycles. The lowest BCUT2D eigenvalue weighted by molar-refractivity contribution is -0.0404. The molecule has 0 spiro atoms. The van der Waals surface area contributed by atoms with Crippen molar-refractivity contribution in [2.45, 2.75) is 233 Å². The van der Waals surface area contributed by atoms with Gasteiger partial charge in [-0.3, -0.25) is 71.7 Å². The minimum Gasteiger partial charge on any atom is -0.388 e. The second-order valence-electron chi connectivity index (χ2n) is 35.1. The molecule has 5 saturated heterocycles. The molecule has 0 bridgehead atoms. The van der Waals surface area contributed by atoms with E-state index in [0.29, 0.717) is 92.0 Å². The lowest BCUT2D eigenvalue weighted by Gasteiger charge is -2.19. The Hall–Kier alpha value is -6.22. The van der Waals surface area contributed by atoms with Crippen LogP contribution < -0.4 is 56.2 Å². The first-order valence-electron chi connectivity index (χ1n) is 40.6. The van der Waals surface area contributed by atoms with Gasteiger partial charge in [0.1, 0.15) is 61.0 Å². The molecule has 121 heavy (non-hydrogen) atoms. The van der Waals surface area contributed by atoms with Crippen LogP contribution in [0.4, 0.5) is 0 Å². The number of aliphatic hydroxyl groups excluding tert-OH is 10.